The molecule has 0 N–H and O–H groups in total. The standard InChI is InChI=1S/C12H24/c1-9(2)7-8-12(10(3)4)11(5)6/h8-11H,7H2,1-6H3. The first-order valence-electron chi connectivity index (χ1n) is 5.15. The molecule has 0 aliphatic heterocycles. The topological polar surface area (TPSA) is 0 Å². The first-order chi connectivity index (χ1) is 5.45. The molecule has 0 unspecified atom stereocenters. The Bertz CT molecular complexity index is 128. The molecule has 0 aromatic rings. The van der Waals surface area contributed by atoms with Crippen molar-refractivity contribution in [2.24, 2.45) is 17.8 Å². The Morgan fingerprint density at radius 2 is 1.33 bits per heavy atom. The van der Waals surface area contributed by atoms with Crippen LogP contribution in [-0.2, 0) is 0 Å². The molecule has 0 saturated heterocycles. The lowest BCUT2D eigenvalue weighted by molar-refractivity contribution is 0.598. The Kier molecular flexibility index (Phi) is 5.28. The molecule has 0 aliphatic rings. The van der Waals surface area contributed by atoms with Crippen molar-refractivity contribution >= 4 is 0 Å². The van der Waals surface area contributed by atoms with Gasteiger partial charge in [0.15, 0.2) is 0 Å². The van der Waals surface area contributed by atoms with Gasteiger partial charge in [-0.05, 0) is 24.2 Å². The summed E-state index contributed by atoms with van der Waals surface area (Å²) < 4.78 is 0. The average Bonchev–Trinajstić information content (AvgIpc) is 1.84. The van der Waals surface area contributed by atoms with E-state index >= 15 is 0 Å². The van der Waals surface area contributed by atoms with Gasteiger partial charge in [0, 0.05) is 0 Å². The SMILES string of the molecule is CC(C)CC=C(C(C)C)C(C)C. The van der Waals surface area contributed by atoms with Gasteiger partial charge >= 0.3 is 0 Å². The van der Waals surface area contributed by atoms with Crippen LogP contribution < -0.4 is 0 Å². The van der Waals surface area contributed by atoms with Crippen molar-refractivity contribution in [2.75, 3.05) is 0 Å². The van der Waals surface area contributed by atoms with E-state index in [4.69, 9.17) is 0 Å². The normalized spacial score (nSPS) is 11.4. The summed E-state index contributed by atoms with van der Waals surface area (Å²) in [6.07, 6.45) is 3.66. The third kappa shape index (κ3) is 4.58. The second kappa shape index (κ2) is 5.40. The van der Waals surface area contributed by atoms with Crippen LogP contribution in [0.5, 0.6) is 0 Å². The highest BCUT2D eigenvalue weighted by molar-refractivity contribution is 5.07. The number of hydrogen-bond donors (Lipinski definition) is 0. The molecule has 0 spiro atoms. The van der Waals surface area contributed by atoms with Crippen LogP contribution >= 0.6 is 0 Å². The summed E-state index contributed by atoms with van der Waals surface area (Å²) in [5, 5.41) is 0. The van der Waals surface area contributed by atoms with Gasteiger partial charge in [-0.3, -0.25) is 0 Å². The first kappa shape index (κ1) is 11.7. The predicted molar refractivity (Wildman–Crippen MR) is 57.2 cm³/mol. The molecule has 0 aliphatic carbocycles. The summed E-state index contributed by atoms with van der Waals surface area (Å²) in [6, 6.07) is 0. The lowest BCUT2D eigenvalue weighted by Gasteiger charge is -2.16. The molecular weight excluding hydrogens is 144 g/mol. The van der Waals surface area contributed by atoms with E-state index in [0.717, 1.165) is 5.92 Å². The van der Waals surface area contributed by atoms with Crippen molar-refractivity contribution in [3.8, 4) is 0 Å². The zero-order valence-electron chi connectivity index (χ0n) is 9.52. The largest absolute Gasteiger partial charge is 0.0846 e. The Hall–Kier alpha value is -0.260. The van der Waals surface area contributed by atoms with E-state index in [2.05, 4.69) is 47.6 Å². The van der Waals surface area contributed by atoms with Crippen LogP contribution in [0.4, 0.5) is 0 Å². The van der Waals surface area contributed by atoms with Gasteiger partial charge in [-0.2, -0.15) is 0 Å². The lowest BCUT2D eigenvalue weighted by Crippen LogP contribution is -2.02. The molecular formula is C12H24. The maximum atomic E-state index is 2.43. The van der Waals surface area contributed by atoms with Crippen molar-refractivity contribution in [3.63, 3.8) is 0 Å². The molecule has 12 heavy (non-hydrogen) atoms. The lowest BCUT2D eigenvalue weighted by atomic mass is 9.90. The zero-order chi connectivity index (χ0) is 9.72. The monoisotopic (exact) mass is 168 g/mol. The molecule has 0 rings (SSSR count). The van der Waals surface area contributed by atoms with Crippen LogP contribution in [0.3, 0.4) is 0 Å². The highest BCUT2D eigenvalue weighted by Crippen LogP contribution is 2.20. The van der Waals surface area contributed by atoms with E-state index in [1.54, 1.807) is 5.57 Å². The third-order valence-electron chi connectivity index (χ3n) is 2.16. The van der Waals surface area contributed by atoms with E-state index in [0.29, 0.717) is 11.8 Å². The fourth-order valence-corrected chi connectivity index (χ4v) is 1.51. The van der Waals surface area contributed by atoms with Crippen LogP contribution in [0.25, 0.3) is 0 Å². The maximum Gasteiger partial charge on any atom is -0.0258 e. The summed E-state index contributed by atoms with van der Waals surface area (Å²) in [5.74, 6) is 2.21. The minimum absolute atomic E-state index is 0.712. The minimum atomic E-state index is 0.712. The molecule has 0 atom stereocenters. The smallest absolute Gasteiger partial charge is 0.0258 e. The van der Waals surface area contributed by atoms with E-state index in [1.165, 1.54) is 6.42 Å². The molecule has 0 radical (unpaired) electrons. The summed E-state index contributed by atoms with van der Waals surface area (Å²) in [7, 11) is 0. The second-order valence-corrected chi connectivity index (χ2v) is 4.64. The van der Waals surface area contributed by atoms with Crippen LogP contribution in [0, 0.1) is 17.8 Å². The van der Waals surface area contributed by atoms with Crippen molar-refractivity contribution in [3.05, 3.63) is 11.6 Å². The summed E-state index contributed by atoms with van der Waals surface area (Å²) >= 11 is 0. The van der Waals surface area contributed by atoms with E-state index in [9.17, 15) is 0 Å². The number of rotatable bonds is 4. The van der Waals surface area contributed by atoms with Crippen LogP contribution in [-0.4, -0.2) is 0 Å². The van der Waals surface area contributed by atoms with Crippen LogP contribution in [0.2, 0.25) is 0 Å². The number of allylic oxidation sites excluding steroid dienone is 2. The van der Waals surface area contributed by atoms with Gasteiger partial charge in [0.2, 0.25) is 0 Å². The van der Waals surface area contributed by atoms with Crippen molar-refractivity contribution in [1.29, 1.82) is 0 Å². The Morgan fingerprint density at radius 3 is 1.58 bits per heavy atom. The summed E-state index contributed by atoms with van der Waals surface area (Å²) in [4.78, 5) is 0. The quantitative estimate of drug-likeness (QED) is 0.550. The van der Waals surface area contributed by atoms with Crippen LogP contribution in [0.15, 0.2) is 11.6 Å². The average molecular weight is 168 g/mol. The maximum absolute atomic E-state index is 2.43. The number of hydrogen-bond acceptors (Lipinski definition) is 0. The Labute approximate surface area is 78.1 Å². The van der Waals surface area contributed by atoms with Crippen molar-refractivity contribution in [2.45, 2.75) is 48.0 Å². The van der Waals surface area contributed by atoms with Crippen molar-refractivity contribution < 1.29 is 0 Å². The van der Waals surface area contributed by atoms with Gasteiger partial charge in [0.25, 0.3) is 0 Å². The molecule has 0 saturated carbocycles. The van der Waals surface area contributed by atoms with Gasteiger partial charge in [-0.25, -0.2) is 0 Å². The molecule has 0 heterocycles. The van der Waals surface area contributed by atoms with Gasteiger partial charge in [0.1, 0.15) is 0 Å². The molecule has 0 fully saturated rings. The second-order valence-electron chi connectivity index (χ2n) is 4.64. The Morgan fingerprint density at radius 1 is 0.917 bits per heavy atom. The van der Waals surface area contributed by atoms with E-state index in [1.807, 2.05) is 0 Å². The van der Waals surface area contributed by atoms with E-state index in [-0.39, 0.29) is 0 Å². The van der Waals surface area contributed by atoms with Gasteiger partial charge in [-0.15, -0.1) is 0 Å². The highest BCUT2D eigenvalue weighted by Gasteiger charge is 2.07. The van der Waals surface area contributed by atoms with Gasteiger partial charge in [-0.1, -0.05) is 53.2 Å². The van der Waals surface area contributed by atoms with Crippen LogP contribution in [0.1, 0.15) is 48.0 Å². The van der Waals surface area contributed by atoms with Crippen molar-refractivity contribution in [1.82, 2.24) is 0 Å². The van der Waals surface area contributed by atoms with E-state index < -0.39 is 0 Å². The highest BCUT2D eigenvalue weighted by atomic mass is 14.1. The fraction of sp³-hybridized carbons (Fsp3) is 0.833. The molecule has 0 nitrogen and oxygen atoms in total. The first-order valence-corrected chi connectivity index (χ1v) is 5.15. The van der Waals surface area contributed by atoms with Gasteiger partial charge < -0.3 is 0 Å². The molecule has 0 heteroatoms. The van der Waals surface area contributed by atoms with Gasteiger partial charge in [0.05, 0.1) is 0 Å². The molecule has 0 amide bonds. The predicted octanol–water partition coefficient (Wildman–Crippen LogP) is 4.27. The summed E-state index contributed by atoms with van der Waals surface area (Å²) in [6.45, 7) is 13.7. The zero-order valence-corrected chi connectivity index (χ0v) is 9.52. The minimum Gasteiger partial charge on any atom is -0.0846 e. The fourth-order valence-electron chi connectivity index (χ4n) is 1.51. The molecule has 0 aromatic heterocycles. The Balaban J connectivity index is 4.19. The molecule has 72 valence electrons. The third-order valence-corrected chi connectivity index (χ3v) is 2.16. The summed E-state index contributed by atoms with van der Waals surface area (Å²) in [5.41, 5.74) is 1.61. The molecule has 0 aromatic carbocycles. The molecule has 0 bridgehead atoms.